The van der Waals surface area contributed by atoms with Gasteiger partial charge >= 0.3 is 0 Å². The number of fused-ring (bicyclic) bond motifs is 1. The van der Waals surface area contributed by atoms with Crippen molar-refractivity contribution in [3.63, 3.8) is 0 Å². The van der Waals surface area contributed by atoms with Gasteiger partial charge in [0.15, 0.2) is 0 Å². The first kappa shape index (κ1) is 22.3. The molecule has 3 aromatic carbocycles. The zero-order chi connectivity index (χ0) is 23.2. The van der Waals surface area contributed by atoms with Crippen molar-refractivity contribution in [1.29, 1.82) is 0 Å². The van der Waals surface area contributed by atoms with Crippen molar-refractivity contribution in [3.8, 4) is 0 Å². The van der Waals surface area contributed by atoms with Gasteiger partial charge in [0.2, 0.25) is 5.91 Å². The average molecular weight is 454 g/mol. The lowest BCUT2D eigenvalue weighted by molar-refractivity contribution is -0.131. The van der Waals surface area contributed by atoms with Crippen molar-refractivity contribution in [1.82, 2.24) is 25.2 Å². The Morgan fingerprint density at radius 3 is 2.15 bits per heavy atom. The summed E-state index contributed by atoms with van der Waals surface area (Å²) in [5.41, 5.74) is 4.48. The number of likely N-dealkylation sites (tertiary alicyclic amines) is 1. The number of aromatic nitrogens is 3. The van der Waals surface area contributed by atoms with Gasteiger partial charge in [-0.3, -0.25) is 4.79 Å². The molecule has 1 saturated heterocycles. The molecule has 1 aliphatic heterocycles. The minimum atomic E-state index is -0.135. The summed E-state index contributed by atoms with van der Waals surface area (Å²) in [5, 5.41) is 12.6. The van der Waals surface area contributed by atoms with E-state index in [1.807, 2.05) is 33.8 Å². The second-order valence-electron chi connectivity index (χ2n) is 9.01. The predicted octanol–water partition coefficient (Wildman–Crippen LogP) is 4.39. The highest BCUT2D eigenvalue weighted by Crippen LogP contribution is 2.26. The van der Waals surface area contributed by atoms with E-state index in [4.69, 9.17) is 0 Å². The Labute approximate surface area is 200 Å². The monoisotopic (exact) mass is 453 g/mol. The van der Waals surface area contributed by atoms with E-state index >= 15 is 0 Å². The molecule has 1 aliphatic rings. The maximum absolute atomic E-state index is 12.7. The van der Waals surface area contributed by atoms with Crippen LogP contribution in [0.4, 0.5) is 0 Å². The van der Waals surface area contributed by atoms with Crippen molar-refractivity contribution < 1.29 is 4.79 Å². The summed E-state index contributed by atoms with van der Waals surface area (Å²) < 4.78 is 1.93. The lowest BCUT2D eigenvalue weighted by Gasteiger charge is -2.29. The average Bonchev–Trinajstić information content (AvgIpc) is 3.49. The number of para-hydroxylation sites is 1. The molecular weight excluding hydrogens is 422 g/mol. The molecule has 0 radical (unpaired) electrons. The fourth-order valence-corrected chi connectivity index (χ4v) is 4.93. The molecule has 0 aliphatic carbocycles. The van der Waals surface area contributed by atoms with Gasteiger partial charge in [-0.1, -0.05) is 78.0 Å². The molecule has 1 unspecified atom stereocenters. The van der Waals surface area contributed by atoms with Gasteiger partial charge in [0.05, 0.1) is 5.52 Å². The van der Waals surface area contributed by atoms with Crippen LogP contribution in [0.15, 0.2) is 84.9 Å². The third-order valence-corrected chi connectivity index (χ3v) is 6.61. The molecule has 1 amide bonds. The molecule has 6 heteroatoms. The Kier molecular flexibility index (Phi) is 6.96. The van der Waals surface area contributed by atoms with Crippen molar-refractivity contribution >= 4 is 16.9 Å². The summed E-state index contributed by atoms with van der Waals surface area (Å²) >= 11 is 0. The van der Waals surface area contributed by atoms with E-state index < -0.39 is 0 Å². The fourth-order valence-electron chi connectivity index (χ4n) is 4.93. The number of amides is 1. The highest BCUT2D eigenvalue weighted by molar-refractivity contribution is 5.79. The van der Waals surface area contributed by atoms with Crippen LogP contribution < -0.4 is 5.32 Å². The highest BCUT2D eigenvalue weighted by atomic mass is 16.2. The number of hydrogen-bond acceptors (Lipinski definition) is 4. The maximum Gasteiger partial charge on any atom is 0.224 e. The van der Waals surface area contributed by atoms with Gasteiger partial charge in [-0.2, -0.15) is 0 Å². The van der Waals surface area contributed by atoms with Crippen LogP contribution in [0.2, 0.25) is 0 Å². The van der Waals surface area contributed by atoms with Crippen LogP contribution >= 0.6 is 0 Å². The Morgan fingerprint density at radius 2 is 1.50 bits per heavy atom. The minimum Gasteiger partial charge on any atom is -0.320 e. The van der Waals surface area contributed by atoms with Gasteiger partial charge < -0.3 is 10.2 Å². The zero-order valence-corrected chi connectivity index (χ0v) is 19.4. The summed E-state index contributed by atoms with van der Waals surface area (Å²) in [6, 6.07) is 29.5. The van der Waals surface area contributed by atoms with Crippen molar-refractivity contribution in [3.05, 3.63) is 96.1 Å². The largest absolute Gasteiger partial charge is 0.320 e. The molecule has 1 atom stereocenters. The number of nitrogens with one attached hydrogen (secondary N) is 1. The summed E-state index contributed by atoms with van der Waals surface area (Å²) in [4.78, 5) is 14.6. The molecule has 5 rings (SSSR count). The minimum absolute atomic E-state index is 0.135. The van der Waals surface area contributed by atoms with Crippen LogP contribution in [0.5, 0.6) is 0 Å². The van der Waals surface area contributed by atoms with Crippen LogP contribution in [0.1, 0.15) is 36.6 Å². The Hall–Kier alpha value is -3.51. The lowest BCUT2D eigenvalue weighted by Crippen LogP contribution is -2.39. The van der Waals surface area contributed by atoms with E-state index in [0.29, 0.717) is 12.5 Å². The summed E-state index contributed by atoms with van der Waals surface area (Å²) in [7, 11) is 0. The number of hydrogen-bond donors (Lipinski definition) is 1. The summed E-state index contributed by atoms with van der Waals surface area (Å²) in [5.74, 6) is 0.203. The van der Waals surface area contributed by atoms with E-state index in [-0.39, 0.29) is 12.1 Å². The van der Waals surface area contributed by atoms with Gasteiger partial charge in [-0.05, 0) is 49.1 Å². The van der Waals surface area contributed by atoms with Crippen LogP contribution in [-0.4, -0.2) is 44.9 Å². The number of carbonyl (C=O) groups excluding carboxylic acids is 1. The van der Waals surface area contributed by atoms with Gasteiger partial charge in [0.1, 0.15) is 11.7 Å². The fraction of sp³-hybridized carbons (Fsp3) is 0.321. The van der Waals surface area contributed by atoms with E-state index in [1.54, 1.807) is 0 Å². The lowest BCUT2D eigenvalue weighted by atomic mass is 9.99. The quantitative estimate of drug-likeness (QED) is 0.387. The molecule has 34 heavy (non-hydrogen) atoms. The first-order chi connectivity index (χ1) is 16.8. The second kappa shape index (κ2) is 10.6. The molecule has 0 saturated carbocycles. The van der Waals surface area contributed by atoms with Crippen LogP contribution in [0.3, 0.4) is 0 Å². The molecule has 0 bridgehead atoms. The molecule has 1 fully saturated rings. The maximum atomic E-state index is 12.7. The van der Waals surface area contributed by atoms with Gasteiger partial charge in [-0.25, -0.2) is 4.68 Å². The highest BCUT2D eigenvalue weighted by Gasteiger charge is 2.30. The van der Waals surface area contributed by atoms with Crippen molar-refractivity contribution in [2.24, 2.45) is 0 Å². The zero-order valence-electron chi connectivity index (χ0n) is 19.4. The second-order valence-corrected chi connectivity index (χ2v) is 9.01. The van der Waals surface area contributed by atoms with Crippen LogP contribution in [-0.2, 0) is 17.6 Å². The predicted molar refractivity (Wildman–Crippen MR) is 134 cm³/mol. The molecule has 174 valence electrons. The molecule has 0 spiro atoms. The molecule has 4 aromatic rings. The van der Waals surface area contributed by atoms with Crippen molar-refractivity contribution in [2.75, 3.05) is 13.1 Å². The Balaban J connectivity index is 1.33. The van der Waals surface area contributed by atoms with Crippen LogP contribution in [0, 0.1) is 0 Å². The van der Waals surface area contributed by atoms with E-state index in [1.165, 1.54) is 11.1 Å². The van der Waals surface area contributed by atoms with Gasteiger partial charge in [-0.15, -0.1) is 5.10 Å². The van der Waals surface area contributed by atoms with E-state index in [2.05, 4.69) is 76.3 Å². The molecular formula is C28H31N5O. The molecule has 6 nitrogen and oxygen atoms in total. The SMILES string of the molecule is O=C1CCCN1C(CCNC(Cc1ccccc1)Cc1ccccc1)n1nnc2ccccc21. The summed E-state index contributed by atoms with van der Waals surface area (Å²) in [6.45, 7) is 1.56. The van der Waals surface area contributed by atoms with E-state index in [9.17, 15) is 4.79 Å². The van der Waals surface area contributed by atoms with Crippen molar-refractivity contribution in [2.45, 2.75) is 44.3 Å². The standard InChI is InChI=1S/C28H31N5O/c34-28-16-9-19-32(28)27(33-26-15-8-7-14-25(26)30-31-33)17-18-29-24(20-22-10-3-1-4-11-22)21-23-12-5-2-6-13-23/h1-8,10-15,24,27,29H,9,16-21H2. The number of carbonyl (C=O) groups is 1. The van der Waals surface area contributed by atoms with Crippen LogP contribution in [0.25, 0.3) is 11.0 Å². The third-order valence-electron chi connectivity index (χ3n) is 6.61. The third kappa shape index (κ3) is 5.18. The summed E-state index contributed by atoms with van der Waals surface area (Å²) in [6.07, 6.45) is 4.06. The Morgan fingerprint density at radius 1 is 0.853 bits per heavy atom. The molecule has 1 aromatic heterocycles. The first-order valence-corrected chi connectivity index (χ1v) is 12.2. The van der Waals surface area contributed by atoms with E-state index in [0.717, 1.165) is 49.8 Å². The normalized spacial score (nSPS) is 14.9. The smallest absolute Gasteiger partial charge is 0.224 e. The molecule has 1 N–H and O–H groups in total. The molecule has 2 heterocycles. The Bertz CT molecular complexity index is 1170. The number of rotatable bonds is 10. The number of benzene rings is 3. The van der Waals surface area contributed by atoms with Gasteiger partial charge in [0.25, 0.3) is 0 Å². The van der Waals surface area contributed by atoms with Gasteiger partial charge in [0, 0.05) is 25.4 Å². The first-order valence-electron chi connectivity index (χ1n) is 12.2. The number of nitrogens with zero attached hydrogens (tertiary/aromatic N) is 4. The topological polar surface area (TPSA) is 63.1 Å².